The summed E-state index contributed by atoms with van der Waals surface area (Å²) in [6.45, 7) is 0. The highest BCUT2D eigenvalue weighted by Crippen LogP contribution is 2.30. The number of aromatic amines is 2. The standard InChI is InChI=1S/C36H28N4O8/c41-33(15-9-21-19-37-29-7-3-1-5-25(21)29)47-31-13-11-23(17-27(31)35(43)44)39-40-24-12-14-32(28(18-24)36(45)46)48-34(42)16-10-22-20-38-30-8-4-2-6-26(22)30/h1-8,11-14,17-20,37-38H,9-10,15-16H2,(H,43,44)(H,45,46)/b40-39+. The third-order valence-corrected chi connectivity index (χ3v) is 7.66. The van der Waals surface area contributed by atoms with Crippen molar-refractivity contribution >= 4 is 57.1 Å². The van der Waals surface area contributed by atoms with E-state index in [2.05, 4.69) is 20.2 Å². The van der Waals surface area contributed by atoms with Gasteiger partial charge in [0, 0.05) is 34.2 Å². The minimum absolute atomic E-state index is 0.0314. The molecule has 0 aliphatic carbocycles. The molecule has 2 heterocycles. The maximum absolute atomic E-state index is 12.6. The highest BCUT2D eigenvalue weighted by molar-refractivity contribution is 5.94. The van der Waals surface area contributed by atoms with Crippen LogP contribution in [0, 0.1) is 0 Å². The van der Waals surface area contributed by atoms with Gasteiger partial charge in [-0.3, -0.25) is 9.59 Å². The fourth-order valence-corrected chi connectivity index (χ4v) is 5.29. The predicted octanol–water partition coefficient (Wildman–Crippen LogP) is 7.54. The Morgan fingerprint density at radius 2 is 1.00 bits per heavy atom. The van der Waals surface area contributed by atoms with E-state index in [1.54, 1.807) is 0 Å². The second kappa shape index (κ2) is 13.8. The first kappa shape index (κ1) is 31.4. The highest BCUT2D eigenvalue weighted by Gasteiger charge is 2.18. The summed E-state index contributed by atoms with van der Waals surface area (Å²) in [5, 5.41) is 29.5. The number of rotatable bonds is 12. The van der Waals surface area contributed by atoms with Crippen LogP contribution in [0.25, 0.3) is 21.8 Å². The van der Waals surface area contributed by atoms with Gasteiger partial charge in [-0.05, 0) is 72.5 Å². The number of aromatic carboxylic acids is 2. The maximum Gasteiger partial charge on any atom is 0.339 e. The average Bonchev–Trinajstić information content (AvgIpc) is 3.70. The third kappa shape index (κ3) is 7.12. The Hall–Kier alpha value is -6.56. The Morgan fingerprint density at radius 3 is 1.42 bits per heavy atom. The van der Waals surface area contributed by atoms with Gasteiger partial charge in [0.25, 0.3) is 0 Å². The summed E-state index contributed by atoms with van der Waals surface area (Å²) in [7, 11) is 0. The number of hydrogen-bond acceptors (Lipinski definition) is 8. The zero-order chi connectivity index (χ0) is 33.6. The van der Waals surface area contributed by atoms with Crippen molar-refractivity contribution in [3.63, 3.8) is 0 Å². The lowest BCUT2D eigenvalue weighted by Crippen LogP contribution is -2.12. The van der Waals surface area contributed by atoms with Crippen LogP contribution in [0.4, 0.5) is 11.4 Å². The van der Waals surface area contributed by atoms with Gasteiger partial charge in [-0.25, -0.2) is 9.59 Å². The first-order chi connectivity index (χ1) is 23.2. The van der Waals surface area contributed by atoms with Gasteiger partial charge in [0.05, 0.1) is 24.2 Å². The minimum atomic E-state index is -1.34. The van der Waals surface area contributed by atoms with E-state index in [-0.39, 0.29) is 46.8 Å². The van der Waals surface area contributed by atoms with Crippen molar-refractivity contribution in [1.29, 1.82) is 0 Å². The first-order valence-corrected chi connectivity index (χ1v) is 14.9. The summed E-state index contributed by atoms with van der Waals surface area (Å²) in [6.07, 6.45) is 4.52. The van der Waals surface area contributed by atoms with Gasteiger partial charge in [-0.15, -0.1) is 0 Å². The Balaban J connectivity index is 1.09. The van der Waals surface area contributed by atoms with E-state index in [0.717, 1.165) is 32.9 Å². The fraction of sp³-hybridized carbons (Fsp3) is 0.111. The van der Waals surface area contributed by atoms with Crippen LogP contribution in [-0.2, 0) is 22.4 Å². The molecule has 0 saturated carbocycles. The van der Waals surface area contributed by atoms with Gasteiger partial charge in [-0.2, -0.15) is 10.2 Å². The van der Waals surface area contributed by atoms with Crippen molar-refractivity contribution in [3.8, 4) is 11.5 Å². The molecule has 12 nitrogen and oxygen atoms in total. The number of nitrogens with zero attached hydrogens (tertiary/aromatic N) is 2. The molecule has 4 aromatic carbocycles. The molecule has 0 aliphatic rings. The number of carbonyl (C=O) groups excluding carboxylic acids is 2. The van der Waals surface area contributed by atoms with Gasteiger partial charge < -0.3 is 29.7 Å². The molecule has 4 N–H and O–H groups in total. The normalized spacial score (nSPS) is 11.2. The molecular formula is C36H28N4O8. The Morgan fingerprint density at radius 1 is 0.583 bits per heavy atom. The van der Waals surface area contributed by atoms with Crippen molar-refractivity contribution in [2.24, 2.45) is 10.2 Å². The van der Waals surface area contributed by atoms with Gasteiger partial charge in [0.2, 0.25) is 0 Å². The number of aryl methyl sites for hydroxylation is 2. The van der Waals surface area contributed by atoms with E-state index in [1.807, 2.05) is 60.9 Å². The minimum Gasteiger partial charge on any atom is -0.478 e. The number of nitrogens with one attached hydrogen (secondary N) is 2. The number of hydrogen-bond donors (Lipinski definition) is 4. The summed E-state index contributed by atoms with van der Waals surface area (Å²) >= 11 is 0. The average molecular weight is 645 g/mol. The number of H-pyrrole nitrogens is 2. The number of esters is 2. The lowest BCUT2D eigenvalue weighted by Gasteiger charge is -2.09. The molecule has 0 amide bonds. The molecule has 0 unspecified atom stereocenters. The van der Waals surface area contributed by atoms with Crippen LogP contribution >= 0.6 is 0 Å². The lowest BCUT2D eigenvalue weighted by molar-refractivity contribution is -0.135. The summed E-state index contributed by atoms with van der Waals surface area (Å²) < 4.78 is 10.7. The number of para-hydroxylation sites is 2. The topological polar surface area (TPSA) is 183 Å². The largest absolute Gasteiger partial charge is 0.478 e. The van der Waals surface area contributed by atoms with Crippen LogP contribution in [0.15, 0.2) is 108 Å². The van der Waals surface area contributed by atoms with E-state index in [1.165, 1.54) is 36.4 Å². The number of carboxylic acids is 2. The van der Waals surface area contributed by atoms with Crippen molar-refractivity contribution in [2.45, 2.75) is 25.7 Å². The lowest BCUT2D eigenvalue weighted by atomic mass is 10.1. The van der Waals surface area contributed by atoms with E-state index in [0.29, 0.717) is 12.8 Å². The first-order valence-electron chi connectivity index (χ1n) is 14.9. The van der Waals surface area contributed by atoms with Crippen LogP contribution in [0.5, 0.6) is 11.5 Å². The molecule has 240 valence electrons. The number of azo groups is 1. The Kier molecular flexibility index (Phi) is 9.05. The molecule has 0 bridgehead atoms. The van der Waals surface area contributed by atoms with E-state index >= 15 is 0 Å². The monoisotopic (exact) mass is 644 g/mol. The summed E-state index contributed by atoms with van der Waals surface area (Å²) in [4.78, 5) is 55.4. The van der Waals surface area contributed by atoms with Crippen molar-refractivity contribution < 1.29 is 38.9 Å². The fourth-order valence-electron chi connectivity index (χ4n) is 5.29. The zero-order valence-electron chi connectivity index (χ0n) is 25.3. The molecule has 6 rings (SSSR count). The molecule has 0 fully saturated rings. The number of benzene rings is 4. The number of carbonyl (C=O) groups is 4. The smallest absolute Gasteiger partial charge is 0.339 e. The van der Waals surface area contributed by atoms with Crippen molar-refractivity contribution in [2.75, 3.05) is 0 Å². The number of aromatic nitrogens is 2. The molecule has 48 heavy (non-hydrogen) atoms. The quantitative estimate of drug-likeness (QED) is 0.0598. The molecule has 0 radical (unpaired) electrons. The Bertz CT molecular complexity index is 2060. The Labute approximate surface area is 272 Å². The van der Waals surface area contributed by atoms with Crippen LogP contribution in [-0.4, -0.2) is 44.1 Å². The number of fused-ring (bicyclic) bond motifs is 2. The van der Waals surface area contributed by atoms with E-state index < -0.39 is 23.9 Å². The second-order valence-corrected chi connectivity index (χ2v) is 10.8. The molecular weight excluding hydrogens is 616 g/mol. The molecule has 12 heteroatoms. The van der Waals surface area contributed by atoms with Crippen molar-refractivity contribution in [3.05, 3.63) is 120 Å². The number of carboxylic acid groups (broad SMARTS) is 2. The van der Waals surface area contributed by atoms with Crippen LogP contribution in [0.3, 0.4) is 0 Å². The van der Waals surface area contributed by atoms with Crippen LogP contribution in [0.2, 0.25) is 0 Å². The summed E-state index contributed by atoms with van der Waals surface area (Å²) in [5.74, 6) is -4.16. The van der Waals surface area contributed by atoms with Crippen LogP contribution in [0.1, 0.15) is 44.7 Å². The van der Waals surface area contributed by atoms with Gasteiger partial charge >= 0.3 is 23.9 Å². The van der Waals surface area contributed by atoms with Gasteiger partial charge in [0.1, 0.15) is 22.6 Å². The van der Waals surface area contributed by atoms with Gasteiger partial charge in [-0.1, -0.05) is 36.4 Å². The van der Waals surface area contributed by atoms with Crippen LogP contribution < -0.4 is 9.47 Å². The van der Waals surface area contributed by atoms with Gasteiger partial charge in [0.15, 0.2) is 0 Å². The molecule has 2 aromatic heterocycles. The predicted molar refractivity (Wildman–Crippen MR) is 175 cm³/mol. The van der Waals surface area contributed by atoms with Crippen molar-refractivity contribution in [1.82, 2.24) is 9.97 Å². The highest BCUT2D eigenvalue weighted by atomic mass is 16.5. The molecule has 0 aliphatic heterocycles. The molecule has 0 saturated heterocycles. The second-order valence-electron chi connectivity index (χ2n) is 10.8. The molecule has 0 atom stereocenters. The summed E-state index contributed by atoms with van der Waals surface area (Å²) in [5.41, 5.74) is 3.43. The zero-order valence-corrected chi connectivity index (χ0v) is 25.3. The van der Waals surface area contributed by atoms with E-state index in [9.17, 15) is 29.4 Å². The summed E-state index contributed by atoms with van der Waals surface area (Å²) in [6, 6.07) is 23.2. The van der Waals surface area contributed by atoms with E-state index in [4.69, 9.17) is 9.47 Å². The molecule has 0 spiro atoms. The third-order valence-electron chi connectivity index (χ3n) is 7.66. The SMILES string of the molecule is O=C(CCc1c[nH]c2ccccc12)Oc1ccc(/N=N/c2ccc(OC(=O)CCc3c[nH]c4ccccc34)c(C(=O)O)c2)cc1C(=O)O. The maximum atomic E-state index is 12.6. The number of ether oxygens (including phenoxy) is 2. The molecule has 6 aromatic rings.